The van der Waals surface area contributed by atoms with Gasteiger partial charge in [0.05, 0.1) is 13.2 Å². The van der Waals surface area contributed by atoms with Gasteiger partial charge in [-0.1, -0.05) is 0 Å². The van der Waals surface area contributed by atoms with E-state index in [0.29, 0.717) is 6.54 Å². The predicted octanol–water partition coefficient (Wildman–Crippen LogP) is 0.327. The number of hydrogen-bond acceptors (Lipinski definition) is 4. The highest BCUT2D eigenvalue weighted by molar-refractivity contribution is 5.35. The summed E-state index contributed by atoms with van der Waals surface area (Å²) in [5, 5.41) is 8.81. The van der Waals surface area contributed by atoms with Crippen LogP contribution in [-0.2, 0) is 6.54 Å². The van der Waals surface area contributed by atoms with Crippen molar-refractivity contribution in [3.8, 4) is 0 Å². The van der Waals surface area contributed by atoms with Crippen LogP contribution in [0.3, 0.4) is 0 Å². The van der Waals surface area contributed by atoms with Gasteiger partial charge in [-0.2, -0.15) is 0 Å². The number of alkyl halides is 2. The van der Waals surface area contributed by atoms with Crippen molar-refractivity contribution in [2.45, 2.75) is 19.9 Å². The van der Waals surface area contributed by atoms with Crippen molar-refractivity contribution < 1.29 is 13.9 Å². The van der Waals surface area contributed by atoms with Gasteiger partial charge in [0.1, 0.15) is 0 Å². The molecule has 1 heterocycles. The quantitative estimate of drug-likeness (QED) is 0.787. The molecule has 0 aliphatic rings. The number of aliphatic hydroxyl groups excluding tert-OH is 1. The predicted molar refractivity (Wildman–Crippen MR) is 59.5 cm³/mol. The standard InChI is InChI=1S/C10H15F2N3O2/c1-2-14-4-3-13-9(10(14)17)15(5-6-16)7-8(11)12/h3-4,8,16H,2,5-7H2,1H3. The molecule has 0 radical (unpaired) electrons. The number of rotatable bonds is 6. The van der Waals surface area contributed by atoms with Gasteiger partial charge in [-0.3, -0.25) is 4.79 Å². The smallest absolute Gasteiger partial charge is 0.293 e. The van der Waals surface area contributed by atoms with E-state index in [1.54, 1.807) is 6.92 Å². The zero-order valence-corrected chi connectivity index (χ0v) is 9.51. The lowest BCUT2D eigenvalue weighted by Gasteiger charge is -2.21. The van der Waals surface area contributed by atoms with Crippen LogP contribution in [0.25, 0.3) is 0 Å². The van der Waals surface area contributed by atoms with Crippen molar-refractivity contribution in [1.82, 2.24) is 9.55 Å². The van der Waals surface area contributed by atoms with Crippen LogP contribution in [0, 0.1) is 0 Å². The van der Waals surface area contributed by atoms with E-state index >= 15 is 0 Å². The topological polar surface area (TPSA) is 58.4 Å². The Bertz CT molecular complexity index is 409. The Morgan fingerprint density at radius 1 is 1.59 bits per heavy atom. The molecule has 96 valence electrons. The Morgan fingerprint density at radius 2 is 2.29 bits per heavy atom. The molecule has 7 heteroatoms. The van der Waals surface area contributed by atoms with Gasteiger partial charge in [-0.15, -0.1) is 0 Å². The molecule has 0 atom stereocenters. The molecule has 1 aromatic rings. The zero-order chi connectivity index (χ0) is 12.8. The lowest BCUT2D eigenvalue weighted by molar-refractivity contribution is 0.152. The summed E-state index contributed by atoms with van der Waals surface area (Å²) in [5.41, 5.74) is -0.427. The molecule has 0 aliphatic carbocycles. The van der Waals surface area contributed by atoms with Gasteiger partial charge < -0.3 is 14.6 Å². The summed E-state index contributed by atoms with van der Waals surface area (Å²) >= 11 is 0. The minimum Gasteiger partial charge on any atom is -0.395 e. The van der Waals surface area contributed by atoms with Crippen molar-refractivity contribution in [1.29, 1.82) is 0 Å². The lowest BCUT2D eigenvalue weighted by Crippen LogP contribution is -2.38. The highest BCUT2D eigenvalue weighted by Crippen LogP contribution is 2.06. The molecule has 0 spiro atoms. The molecule has 0 amide bonds. The lowest BCUT2D eigenvalue weighted by atomic mass is 10.4. The number of aromatic nitrogens is 2. The van der Waals surface area contributed by atoms with Gasteiger partial charge >= 0.3 is 0 Å². The molecule has 17 heavy (non-hydrogen) atoms. The van der Waals surface area contributed by atoms with Crippen molar-refractivity contribution in [2.24, 2.45) is 0 Å². The fourth-order valence-electron chi connectivity index (χ4n) is 1.47. The van der Waals surface area contributed by atoms with E-state index < -0.39 is 18.5 Å². The summed E-state index contributed by atoms with van der Waals surface area (Å²) in [6, 6.07) is 0. The summed E-state index contributed by atoms with van der Waals surface area (Å²) in [6.45, 7) is 1.25. The Balaban J connectivity index is 3.05. The summed E-state index contributed by atoms with van der Waals surface area (Å²) < 4.78 is 26.1. The van der Waals surface area contributed by atoms with Crippen LogP contribution in [0.4, 0.5) is 14.6 Å². The number of nitrogens with zero attached hydrogens (tertiary/aromatic N) is 3. The van der Waals surface area contributed by atoms with Crippen LogP contribution in [-0.4, -0.2) is 40.8 Å². The Kier molecular flexibility index (Phi) is 5.02. The van der Waals surface area contributed by atoms with Gasteiger partial charge in [0, 0.05) is 25.5 Å². The second kappa shape index (κ2) is 6.29. The maximum absolute atomic E-state index is 12.3. The molecule has 1 aromatic heterocycles. The molecule has 0 bridgehead atoms. The normalized spacial score (nSPS) is 10.9. The van der Waals surface area contributed by atoms with E-state index in [4.69, 9.17) is 5.11 Å². The minimum absolute atomic E-state index is 0.0414. The Morgan fingerprint density at radius 3 is 2.82 bits per heavy atom. The minimum atomic E-state index is -2.59. The van der Waals surface area contributed by atoms with E-state index in [0.717, 1.165) is 4.90 Å². The first-order chi connectivity index (χ1) is 8.10. The second-order valence-electron chi connectivity index (χ2n) is 3.40. The molecule has 0 unspecified atom stereocenters. The first-order valence-corrected chi connectivity index (χ1v) is 5.29. The number of aryl methyl sites for hydroxylation is 1. The number of anilines is 1. The monoisotopic (exact) mass is 247 g/mol. The zero-order valence-electron chi connectivity index (χ0n) is 9.51. The van der Waals surface area contributed by atoms with Crippen molar-refractivity contribution in [3.63, 3.8) is 0 Å². The molecule has 1 N–H and O–H groups in total. The SMILES string of the molecule is CCn1ccnc(N(CCO)CC(F)F)c1=O. The summed E-state index contributed by atoms with van der Waals surface area (Å²) in [4.78, 5) is 16.7. The number of hydrogen-bond donors (Lipinski definition) is 1. The molecule has 0 aromatic carbocycles. The van der Waals surface area contributed by atoms with Gasteiger partial charge in [0.25, 0.3) is 12.0 Å². The van der Waals surface area contributed by atoms with Gasteiger partial charge in [-0.25, -0.2) is 13.8 Å². The molecule has 0 fully saturated rings. The maximum Gasteiger partial charge on any atom is 0.293 e. The molecule has 5 nitrogen and oxygen atoms in total. The summed E-state index contributed by atoms with van der Waals surface area (Å²) in [5.74, 6) is -0.0521. The Labute approximate surface area is 97.3 Å². The van der Waals surface area contributed by atoms with Crippen LogP contribution in [0.5, 0.6) is 0 Å². The van der Waals surface area contributed by atoms with Gasteiger partial charge in [0.15, 0.2) is 5.82 Å². The van der Waals surface area contributed by atoms with E-state index in [2.05, 4.69) is 4.98 Å². The van der Waals surface area contributed by atoms with Crippen molar-refractivity contribution in [3.05, 3.63) is 22.7 Å². The fourth-order valence-corrected chi connectivity index (χ4v) is 1.47. The van der Waals surface area contributed by atoms with E-state index in [9.17, 15) is 13.6 Å². The molecule has 0 saturated carbocycles. The average Bonchev–Trinajstić information content (AvgIpc) is 2.28. The molecule has 1 rings (SSSR count). The van der Waals surface area contributed by atoms with Crippen molar-refractivity contribution in [2.75, 3.05) is 24.6 Å². The highest BCUT2D eigenvalue weighted by atomic mass is 19.3. The van der Waals surface area contributed by atoms with Crippen LogP contribution < -0.4 is 10.5 Å². The molecule has 0 aliphatic heterocycles. The van der Waals surface area contributed by atoms with E-state index in [-0.39, 0.29) is 19.0 Å². The second-order valence-corrected chi connectivity index (χ2v) is 3.40. The summed E-state index contributed by atoms with van der Waals surface area (Å²) in [7, 11) is 0. The third-order valence-corrected chi connectivity index (χ3v) is 2.26. The number of aliphatic hydroxyl groups is 1. The fraction of sp³-hybridized carbons (Fsp3) is 0.600. The molecular formula is C10H15F2N3O2. The van der Waals surface area contributed by atoms with Crippen LogP contribution >= 0.6 is 0 Å². The van der Waals surface area contributed by atoms with E-state index in [1.807, 2.05) is 0 Å². The third kappa shape index (κ3) is 3.48. The van der Waals surface area contributed by atoms with Crippen molar-refractivity contribution >= 4 is 5.82 Å². The maximum atomic E-state index is 12.3. The van der Waals surface area contributed by atoms with E-state index in [1.165, 1.54) is 17.0 Å². The largest absolute Gasteiger partial charge is 0.395 e. The average molecular weight is 247 g/mol. The van der Waals surface area contributed by atoms with Gasteiger partial charge in [0.2, 0.25) is 0 Å². The number of halogens is 2. The first kappa shape index (κ1) is 13.6. The molecule has 0 saturated heterocycles. The highest BCUT2D eigenvalue weighted by Gasteiger charge is 2.17. The first-order valence-electron chi connectivity index (χ1n) is 5.29. The summed E-state index contributed by atoms with van der Waals surface area (Å²) in [6.07, 6.45) is 0.291. The van der Waals surface area contributed by atoms with Crippen LogP contribution in [0.1, 0.15) is 6.92 Å². The third-order valence-electron chi connectivity index (χ3n) is 2.26. The van der Waals surface area contributed by atoms with Crippen LogP contribution in [0.15, 0.2) is 17.2 Å². The Hall–Kier alpha value is -1.50. The van der Waals surface area contributed by atoms with Crippen LogP contribution in [0.2, 0.25) is 0 Å². The molecular weight excluding hydrogens is 232 g/mol. The van der Waals surface area contributed by atoms with Gasteiger partial charge in [-0.05, 0) is 6.92 Å².